The molecule has 0 aliphatic carbocycles. The molecule has 6 nitrogen and oxygen atoms in total. The Morgan fingerprint density at radius 1 is 0.938 bits per heavy atom. The van der Waals surface area contributed by atoms with Gasteiger partial charge in [0.05, 0.1) is 11.5 Å². The summed E-state index contributed by atoms with van der Waals surface area (Å²) in [5.74, 6) is 0.759. The Labute approximate surface area is 190 Å². The summed E-state index contributed by atoms with van der Waals surface area (Å²) in [5.41, 5.74) is 0.851. The van der Waals surface area contributed by atoms with Gasteiger partial charge in [-0.05, 0) is 35.6 Å². The minimum Gasteiger partial charge on any atom is -0.493 e. The molecule has 1 amide bonds. The standard InChI is InChI=1S/C25H30N2O4S/c1-3-27(4-2)32(29,30)22-16-14-20(15-17-22)19-26-25(28)13-8-18-31-24-12-7-10-21-9-5-6-11-23(21)24/h5-7,9-12,14-17H,3-4,8,13,18-19H2,1-2H3,(H,26,28). The molecule has 0 saturated heterocycles. The fourth-order valence-electron chi connectivity index (χ4n) is 3.52. The summed E-state index contributed by atoms with van der Waals surface area (Å²) >= 11 is 0. The molecule has 1 N–H and O–H groups in total. The molecule has 0 aliphatic heterocycles. The summed E-state index contributed by atoms with van der Waals surface area (Å²) in [7, 11) is -3.47. The highest BCUT2D eigenvalue weighted by Crippen LogP contribution is 2.25. The molecule has 3 rings (SSSR count). The van der Waals surface area contributed by atoms with Gasteiger partial charge in [0.2, 0.25) is 15.9 Å². The molecule has 3 aromatic rings. The topological polar surface area (TPSA) is 75.7 Å². The molecule has 7 heteroatoms. The molecule has 0 spiro atoms. The van der Waals surface area contributed by atoms with Crippen molar-refractivity contribution in [2.24, 2.45) is 0 Å². The van der Waals surface area contributed by atoms with E-state index in [2.05, 4.69) is 5.32 Å². The fraction of sp³-hybridized carbons (Fsp3) is 0.320. The SMILES string of the molecule is CCN(CC)S(=O)(=O)c1ccc(CNC(=O)CCCOc2cccc3ccccc23)cc1. The van der Waals surface area contributed by atoms with Crippen molar-refractivity contribution in [3.8, 4) is 5.75 Å². The second-order valence-electron chi connectivity index (χ2n) is 7.44. The molecule has 170 valence electrons. The third-order valence-corrected chi connectivity index (χ3v) is 7.38. The van der Waals surface area contributed by atoms with Gasteiger partial charge in [-0.1, -0.05) is 62.4 Å². The molecule has 0 unspecified atom stereocenters. The van der Waals surface area contributed by atoms with Gasteiger partial charge in [0.1, 0.15) is 5.75 Å². The Kier molecular flexibility index (Phi) is 8.25. The number of ether oxygens (including phenoxy) is 1. The minimum absolute atomic E-state index is 0.0636. The molecule has 0 aromatic heterocycles. The average molecular weight is 455 g/mol. The number of nitrogens with one attached hydrogen (secondary N) is 1. The maximum absolute atomic E-state index is 12.5. The Hall–Kier alpha value is -2.90. The number of carbonyl (C=O) groups is 1. The third-order valence-electron chi connectivity index (χ3n) is 5.31. The van der Waals surface area contributed by atoms with Crippen LogP contribution in [0.25, 0.3) is 10.8 Å². The van der Waals surface area contributed by atoms with Crippen LogP contribution in [0.15, 0.2) is 71.6 Å². The molecule has 0 heterocycles. The predicted octanol–water partition coefficient (Wildman–Crippen LogP) is 4.35. The molecular weight excluding hydrogens is 424 g/mol. The van der Waals surface area contributed by atoms with Crippen molar-refractivity contribution in [1.29, 1.82) is 0 Å². The second kappa shape index (κ2) is 11.1. The number of sulfonamides is 1. The van der Waals surface area contributed by atoms with Crippen LogP contribution in [0.4, 0.5) is 0 Å². The number of nitrogens with zero attached hydrogens (tertiary/aromatic N) is 1. The minimum atomic E-state index is -3.47. The van der Waals surface area contributed by atoms with E-state index in [9.17, 15) is 13.2 Å². The molecule has 0 saturated carbocycles. The molecule has 0 aliphatic rings. The number of amides is 1. The van der Waals surface area contributed by atoms with Gasteiger partial charge < -0.3 is 10.1 Å². The van der Waals surface area contributed by atoms with Crippen LogP contribution in [-0.2, 0) is 21.4 Å². The van der Waals surface area contributed by atoms with Gasteiger partial charge in [-0.15, -0.1) is 0 Å². The molecule has 32 heavy (non-hydrogen) atoms. The lowest BCUT2D eigenvalue weighted by atomic mass is 10.1. The van der Waals surface area contributed by atoms with Crippen LogP contribution in [-0.4, -0.2) is 38.3 Å². The van der Waals surface area contributed by atoms with E-state index in [1.165, 1.54) is 4.31 Å². The molecule has 0 bridgehead atoms. The molecule has 0 radical (unpaired) electrons. The number of carbonyl (C=O) groups excluding carboxylic acids is 1. The summed E-state index contributed by atoms with van der Waals surface area (Å²) in [6.45, 7) is 5.31. The largest absolute Gasteiger partial charge is 0.493 e. The van der Waals surface area contributed by atoms with Gasteiger partial charge >= 0.3 is 0 Å². The van der Waals surface area contributed by atoms with Crippen molar-refractivity contribution >= 4 is 26.7 Å². The van der Waals surface area contributed by atoms with E-state index in [1.54, 1.807) is 24.3 Å². The van der Waals surface area contributed by atoms with E-state index in [1.807, 2.05) is 56.3 Å². The van der Waals surface area contributed by atoms with Crippen LogP contribution in [0.3, 0.4) is 0 Å². The van der Waals surface area contributed by atoms with Crippen molar-refractivity contribution in [1.82, 2.24) is 9.62 Å². The Morgan fingerprint density at radius 3 is 2.34 bits per heavy atom. The van der Waals surface area contributed by atoms with Crippen LogP contribution >= 0.6 is 0 Å². The van der Waals surface area contributed by atoms with Crippen LogP contribution < -0.4 is 10.1 Å². The lowest BCUT2D eigenvalue weighted by molar-refractivity contribution is -0.121. The summed E-state index contributed by atoms with van der Waals surface area (Å²) in [4.78, 5) is 12.4. The fourth-order valence-corrected chi connectivity index (χ4v) is 4.98. The van der Waals surface area contributed by atoms with Crippen molar-refractivity contribution in [3.05, 3.63) is 72.3 Å². The van der Waals surface area contributed by atoms with Crippen LogP contribution in [0, 0.1) is 0 Å². The molecular formula is C25H30N2O4S. The van der Waals surface area contributed by atoms with Gasteiger partial charge in [-0.3, -0.25) is 4.79 Å². The Morgan fingerprint density at radius 2 is 1.62 bits per heavy atom. The number of benzene rings is 3. The van der Waals surface area contributed by atoms with Crippen LogP contribution in [0.1, 0.15) is 32.3 Å². The van der Waals surface area contributed by atoms with Gasteiger partial charge in [0.25, 0.3) is 0 Å². The number of rotatable bonds is 11. The summed E-state index contributed by atoms with van der Waals surface area (Å²) in [5, 5.41) is 5.06. The highest BCUT2D eigenvalue weighted by atomic mass is 32.2. The van der Waals surface area contributed by atoms with Crippen molar-refractivity contribution in [2.75, 3.05) is 19.7 Å². The quantitative estimate of drug-likeness (QED) is 0.437. The zero-order chi connectivity index (χ0) is 23.0. The van der Waals surface area contributed by atoms with Gasteiger partial charge in [-0.25, -0.2) is 8.42 Å². The first-order valence-electron chi connectivity index (χ1n) is 10.9. The van der Waals surface area contributed by atoms with E-state index < -0.39 is 10.0 Å². The first-order chi connectivity index (χ1) is 15.5. The average Bonchev–Trinajstić information content (AvgIpc) is 2.81. The zero-order valence-corrected chi connectivity index (χ0v) is 19.4. The smallest absolute Gasteiger partial charge is 0.243 e. The lowest BCUT2D eigenvalue weighted by Gasteiger charge is -2.18. The van der Waals surface area contributed by atoms with Gasteiger partial charge in [0, 0.05) is 31.4 Å². The van der Waals surface area contributed by atoms with Crippen molar-refractivity contribution in [2.45, 2.75) is 38.1 Å². The van der Waals surface area contributed by atoms with E-state index in [-0.39, 0.29) is 10.8 Å². The Bertz CT molecular complexity index is 1130. The summed E-state index contributed by atoms with van der Waals surface area (Å²) in [6.07, 6.45) is 0.968. The van der Waals surface area contributed by atoms with Crippen LogP contribution in [0.5, 0.6) is 5.75 Å². The number of hydrogen-bond acceptors (Lipinski definition) is 4. The van der Waals surface area contributed by atoms with Gasteiger partial charge in [-0.2, -0.15) is 4.31 Å². The maximum Gasteiger partial charge on any atom is 0.243 e. The maximum atomic E-state index is 12.5. The normalized spacial score (nSPS) is 11.6. The first-order valence-corrected chi connectivity index (χ1v) is 12.4. The summed E-state index contributed by atoms with van der Waals surface area (Å²) in [6, 6.07) is 20.6. The predicted molar refractivity (Wildman–Crippen MR) is 127 cm³/mol. The number of fused-ring (bicyclic) bond motifs is 1. The van der Waals surface area contributed by atoms with E-state index >= 15 is 0 Å². The third kappa shape index (κ3) is 5.87. The zero-order valence-electron chi connectivity index (χ0n) is 18.6. The van der Waals surface area contributed by atoms with E-state index in [0.717, 1.165) is 22.1 Å². The lowest BCUT2D eigenvalue weighted by Crippen LogP contribution is -2.30. The second-order valence-corrected chi connectivity index (χ2v) is 9.38. The van der Waals surface area contributed by atoms with Crippen LogP contribution in [0.2, 0.25) is 0 Å². The van der Waals surface area contributed by atoms with Crippen molar-refractivity contribution in [3.63, 3.8) is 0 Å². The highest BCUT2D eigenvalue weighted by molar-refractivity contribution is 7.89. The Balaban J connectivity index is 1.44. The van der Waals surface area contributed by atoms with Crippen molar-refractivity contribution < 1.29 is 17.9 Å². The molecule has 0 atom stereocenters. The monoisotopic (exact) mass is 454 g/mol. The molecule has 3 aromatic carbocycles. The summed E-state index contributed by atoms with van der Waals surface area (Å²) < 4.78 is 32.4. The van der Waals surface area contributed by atoms with Gasteiger partial charge in [0.15, 0.2) is 0 Å². The highest BCUT2D eigenvalue weighted by Gasteiger charge is 2.21. The van der Waals surface area contributed by atoms with E-state index in [4.69, 9.17) is 4.74 Å². The first kappa shape index (κ1) is 23.8. The molecule has 0 fully saturated rings. The van der Waals surface area contributed by atoms with E-state index in [0.29, 0.717) is 39.1 Å². The number of hydrogen-bond donors (Lipinski definition) is 1.